The molecule has 1 heterocycles. The Morgan fingerprint density at radius 2 is 2.00 bits per heavy atom. The highest BCUT2D eigenvalue weighted by Gasteiger charge is 2.08. The molecule has 1 rings (SSSR count). The predicted octanol–water partition coefficient (Wildman–Crippen LogP) is 2.84. The molecule has 0 fully saturated rings. The van der Waals surface area contributed by atoms with Crippen LogP contribution in [0, 0.1) is 0 Å². The van der Waals surface area contributed by atoms with Gasteiger partial charge in [-0.1, -0.05) is 26.2 Å². The molecule has 0 saturated carbocycles. The van der Waals surface area contributed by atoms with Crippen LogP contribution >= 0.6 is 11.6 Å². The summed E-state index contributed by atoms with van der Waals surface area (Å²) in [6.45, 7) is 4.18. The lowest BCUT2D eigenvalue weighted by Crippen LogP contribution is -2.14. The van der Waals surface area contributed by atoms with Gasteiger partial charge in [-0.05, 0) is 31.4 Å². The quantitative estimate of drug-likeness (QED) is 0.761. The number of halogens is 1. The lowest BCUT2D eigenvalue weighted by atomic mass is 10.1. The Kier molecular flexibility index (Phi) is 5.97. The van der Waals surface area contributed by atoms with E-state index in [0.717, 1.165) is 12.8 Å². The van der Waals surface area contributed by atoms with Crippen LogP contribution in [-0.4, -0.2) is 21.1 Å². The van der Waals surface area contributed by atoms with Crippen LogP contribution in [0.1, 0.15) is 46.0 Å². The molecule has 0 aliphatic heterocycles. The van der Waals surface area contributed by atoms with E-state index in [0.29, 0.717) is 0 Å². The summed E-state index contributed by atoms with van der Waals surface area (Å²) >= 11 is 5.66. The molecule has 1 aromatic rings. The molecule has 2 N–H and O–H groups in total. The molecule has 0 aliphatic carbocycles. The van der Waals surface area contributed by atoms with Gasteiger partial charge in [-0.15, -0.1) is 0 Å². The minimum absolute atomic E-state index is 0.0599. The summed E-state index contributed by atoms with van der Waals surface area (Å²) < 4.78 is 5.53. The minimum atomic E-state index is 0.0599. The molecule has 1 unspecified atom stereocenters. The van der Waals surface area contributed by atoms with Gasteiger partial charge in [0.15, 0.2) is 0 Å². The van der Waals surface area contributed by atoms with Crippen LogP contribution in [-0.2, 0) is 0 Å². The van der Waals surface area contributed by atoms with Gasteiger partial charge in [0, 0.05) is 0 Å². The lowest BCUT2D eigenvalue weighted by molar-refractivity contribution is 0.189. The number of aromatic nitrogens is 3. The summed E-state index contributed by atoms with van der Waals surface area (Å²) in [6, 6.07) is 0.200. The van der Waals surface area contributed by atoms with Crippen molar-refractivity contribution in [3.63, 3.8) is 0 Å². The molecule has 0 bridgehead atoms. The highest BCUT2D eigenvalue weighted by Crippen LogP contribution is 2.13. The predicted molar refractivity (Wildman–Crippen MR) is 68.1 cm³/mol. The molecule has 1 atom stereocenters. The Labute approximate surface area is 107 Å². The maximum atomic E-state index is 5.66. The Balaban J connectivity index is 2.36. The van der Waals surface area contributed by atoms with E-state index < -0.39 is 0 Å². The van der Waals surface area contributed by atoms with Gasteiger partial charge < -0.3 is 10.5 Å². The average molecular weight is 259 g/mol. The van der Waals surface area contributed by atoms with Gasteiger partial charge in [0.1, 0.15) is 0 Å². The molecule has 6 heteroatoms. The van der Waals surface area contributed by atoms with E-state index in [1.54, 1.807) is 0 Å². The fourth-order valence-electron chi connectivity index (χ4n) is 1.50. The van der Waals surface area contributed by atoms with E-state index in [1.807, 2.05) is 6.92 Å². The maximum absolute atomic E-state index is 5.66. The van der Waals surface area contributed by atoms with E-state index in [4.69, 9.17) is 22.1 Å². The zero-order chi connectivity index (χ0) is 12.7. The van der Waals surface area contributed by atoms with E-state index in [-0.39, 0.29) is 23.3 Å². The minimum Gasteiger partial charge on any atom is -0.460 e. The topological polar surface area (TPSA) is 73.9 Å². The summed E-state index contributed by atoms with van der Waals surface area (Å²) in [6.07, 6.45) is 5.90. The van der Waals surface area contributed by atoms with Gasteiger partial charge in [-0.2, -0.15) is 15.0 Å². The Morgan fingerprint density at radius 1 is 1.24 bits per heavy atom. The summed E-state index contributed by atoms with van der Waals surface area (Å²) in [4.78, 5) is 11.4. The number of anilines is 1. The third-order valence-electron chi connectivity index (χ3n) is 2.38. The second kappa shape index (κ2) is 7.27. The highest BCUT2D eigenvalue weighted by molar-refractivity contribution is 6.28. The SMILES string of the molecule is CCCCCCC(C)Oc1nc(N)nc(Cl)n1. The van der Waals surface area contributed by atoms with E-state index >= 15 is 0 Å². The number of rotatable bonds is 7. The lowest BCUT2D eigenvalue weighted by Gasteiger charge is -2.12. The van der Waals surface area contributed by atoms with Gasteiger partial charge >= 0.3 is 6.01 Å². The van der Waals surface area contributed by atoms with E-state index in [1.165, 1.54) is 19.3 Å². The van der Waals surface area contributed by atoms with Gasteiger partial charge in [0.2, 0.25) is 11.2 Å². The molecular formula is C11H19ClN4O. The number of nitrogens with zero attached hydrogens (tertiary/aromatic N) is 3. The first-order valence-corrected chi connectivity index (χ1v) is 6.33. The normalized spacial score (nSPS) is 12.4. The van der Waals surface area contributed by atoms with Gasteiger partial charge in [0.25, 0.3) is 0 Å². The van der Waals surface area contributed by atoms with Crippen molar-refractivity contribution >= 4 is 17.5 Å². The van der Waals surface area contributed by atoms with Crippen LogP contribution in [0.3, 0.4) is 0 Å². The van der Waals surface area contributed by atoms with Crippen molar-refractivity contribution in [2.75, 3.05) is 5.73 Å². The van der Waals surface area contributed by atoms with Gasteiger partial charge in [0.05, 0.1) is 6.10 Å². The Hall–Kier alpha value is -1.10. The number of nitrogens with two attached hydrogens (primary N) is 1. The molecular weight excluding hydrogens is 240 g/mol. The number of hydrogen-bond acceptors (Lipinski definition) is 5. The molecule has 5 nitrogen and oxygen atoms in total. The van der Waals surface area contributed by atoms with Crippen LogP contribution < -0.4 is 10.5 Å². The molecule has 17 heavy (non-hydrogen) atoms. The first kappa shape index (κ1) is 14.0. The third-order valence-corrected chi connectivity index (χ3v) is 2.54. The molecule has 0 saturated heterocycles. The highest BCUT2D eigenvalue weighted by atomic mass is 35.5. The van der Waals surface area contributed by atoms with E-state index in [9.17, 15) is 0 Å². The van der Waals surface area contributed by atoms with Gasteiger partial charge in [-0.3, -0.25) is 0 Å². The summed E-state index contributed by atoms with van der Waals surface area (Å²) in [7, 11) is 0. The van der Waals surface area contributed by atoms with Crippen molar-refractivity contribution in [1.29, 1.82) is 0 Å². The van der Waals surface area contributed by atoms with Crippen molar-refractivity contribution in [3.8, 4) is 6.01 Å². The van der Waals surface area contributed by atoms with Crippen molar-refractivity contribution in [2.24, 2.45) is 0 Å². The molecule has 0 aliphatic rings. The Bertz CT molecular complexity index is 328. The van der Waals surface area contributed by atoms with Gasteiger partial charge in [-0.25, -0.2) is 0 Å². The fourth-order valence-corrected chi connectivity index (χ4v) is 1.66. The number of hydrogen-bond donors (Lipinski definition) is 1. The van der Waals surface area contributed by atoms with Crippen LogP contribution in [0.15, 0.2) is 0 Å². The number of ether oxygens (including phenoxy) is 1. The van der Waals surface area contributed by atoms with Crippen molar-refractivity contribution in [1.82, 2.24) is 15.0 Å². The molecule has 1 aromatic heterocycles. The zero-order valence-corrected chi connectivity index (χ0v) is 11.1. The van der Waals surface area contributed by atoms with Crippen molar-refractivity contribution < 1.29 is 4.74 Å². The molecule has 96 valence electrons. The number of unbranched alkanes of at least 4 members (excludes halogenated alkanes) is 3. The molecule has 0 spiro atoms. The largest absolute Gasteiger partial charge is 0.460 e. The monoisotopic (exact) mass is 258 g/mol. The van der Waals surface area contributed by atoms with Crippen LogP contribution in [0.2, 0.25) is 5.28 Å². The van der Waals surface area contributed by atoms with E-state index in [2.05, 4.69) is 21.9 Å². The fraction of sp³-hybridized carbons (Fsp3) is 0.727. The summed E-state index contributed by atoms with van der Waals surface area (Å²) in [5, 5.41) is 0.0608. The molecule has 0 radical (unpaired) electrons. The second-order valence-electron chi connectivity index (χ2n) is 4.02. The standard InChI is InChI=1S/C11H19ClN4O/c1-3-4-5-6-7-8(2)17-11-15-9(12)14-10(13)16-11/h8H,3-7H2,1-2H3,(H2,13,14,15,16). The molecule has 0 aromatic carbocycles. The maximum Gasteiger partial charge on any atom is 0.322 e. The second-order valence-corrected chi connectivity index (χ2v) is 4.36. The summed E-state index contributed by atoms with van der Waals surface area (Å²) in [5.41, 5.74) is 5.45. The molecule has 0 amide bonds. The Morgan fingerprint density at radius 3 is 2.65 bits per heavy atom. The zero-order valence-electron chi connectivity index (χ0n) is 10.3. The van der Waals surface area contributed by atoms with Crippen molar-refractivity contribution in [3.05, 3.63) is 5.28 Å². The third kappa shape index (κ3) is 5.68. The first-order chi connectivity index (χ1) is 8.11. The average Bonchev–Trinajstić information content (AvgIpc) is 2.23. The summed E-state index contributed by atoms with van der Waals surface area (Å²) in [5.74, 6) is 0.0817. The number of nitrogen functional groups attached to an aromatic ring is 1. The van der Waals surface area contributed by atoms with Crippen LogP contribution in [0.4, 0.5) is 5.95 Å². The smallest absolute Gasteiger partial charge is 0.322 e. The van der Waals surface area contributed by atoms with Crippen molar-refractivity contribution in [2.45, 2.75) is 52.1 Å². The first-order valence-electron chi connectivity index (χ1n) is 5.95. The van der Waals surface area contributed by atoms with Crippen LogP contribution in [0.5, 0.6) is 6.01 Å². The van der Waals surface area contributed by atoms with Crippen LogP contribution in [0.25, 0.3) is 0 Å².